The third-order valence-corrected chi connectivity index (χ3v) is 2.75. The number of hydrogen-bond donors (Lipinski definition) is 1. The van der Waals surface area contributed by atoms with Gasteiger partial charge >= 0.3 is 5.97 Å². The van der Waals surface area contributed by atoms with Crippen LogP contribution in [0.15, 0.2) is 27.7 Å². The van der Waals surface area contributed by atoms with Crippen molar-refractivity contribution in [3.8, 4) is 0 Å². The summed E-state index contributed by atoms with van der Waals surface area (Å²) < 4.78 is 18.6. The van der Waals surface area contributed by atoms with Crippen molar-refractivity contribution in [1.29, 1.82) is 0 Å². The molecule has 6 heteroatoms. The fourth-order valence-electron chi connectivity index (χ4n) is 1.29. The highest BCUT2D eigenvalue weighted by Gasteiger charge is 2.26. The molecule has 1 aromatic carbocycles. The van der Waals surface area contributed by atoms with E-state index in [1.807, 2.05) is 0 Å². The minimum atomic E-state index is -1.05. The standard InChI is InChI=1S/C10H7BrFNO3/c11-6-2-1-5(3-7(6)12)9-13-8(4-16-9)10(14)15/h1-3,8H,4H2,(H,14,15)/t8-/m0/s1. The van der Waals surface area contributed by atoms with Gasteiger partial charge in [0.05, 0.1) is 4.47 Å². The van der Waals surface area contributed by atoms with Crippen LogP contribution in [0.1, 0.15) is 5.56 Å². The molecule has 0 bridgehead atoms. The third kappa shape index (κ3) is 2.06. The molecule has 2 rings (SSSR count). The zero-order chi connectivity index (χ0) is 11.7. The lowest BCUT2D eigenvalue weighted by molar-refractivity contribution is -0.138. The van der Waals surface area contributed by atoms with Crippen LogP contribution in [0.3, 0.4) is 0 Å². The van der Waals surface area contributed by atoms with Crippen molar-refractivity contribution in [2.75, 3.05) is 6.61 Å². The number of aliphatic imine (C=N–C) groups is 1. The first-order chi connectivity index (χ1) is 7.58. The first-order valence-electron chi connectivity index (χ1n) is 4.47. The maximum Gasteiger partial charge on any atom is 0.332 e. The molecule has 0 aliphatic carbocycles. The molecule has 0 unspecified atom stereocenters. The number of nitrogens with zero attached hydrogens (tertiary/aromatic N) is 1. The lowest BCUT2D eigenvalue weighted by Crippen LogP contribution is -2.18. The minimum absolute atomic E-state index is 0.0116. The van der Waals surface area contributed by atoms with E-state index in [4.69, 9.17) is 9.84 Å². The second kappa shape index (κ2) is 4.21. The van der Waals surface area contributed by atoms with Crippen molar-refractivity contribution >= 4 is 27.8 Å². The number of aliphatic carboxylic acids is 1. The Morgan fingerprint density at radius 1 is 1.62 bits per heavy atom. The van der Waals surface area contributed by atoms with E-state index in [0.29, 0.717) is 10.0 Å². The molecule has 1 aromatic rings. The maximum atomic E-state index is 13.2. The van der Waals surface area contributed by atoms with Crippen LogP contribution in [-0.4, -0.2) is 29.6 Å². The molecule has 0 amide bonds. The first-order valence-corrected chi connectivity index (χ1v) is 5.26. The molecule has 0 radical (unpaired) electrons. The van der Waals surface area contributed by atoms with Gasteiger partial charge in [0.15, 0.2) is 6.04 Å². The van der Waals surface area contributed by atoms with Gasteiger partial charge in [-0.15, -0.1) is 0 Å². The number of halogens is 2. The fraction of sp³-hybridized carbons (Fsp3) is 0.200. The van der Waals surface area contributed by atoms with Crippen molar-refractivity contribution in [3.05, 3.63) is 34.1 Å². The van der Waals surface area contributed by atoms with E-state index < -0.39 is 17.8 Å². The smallest absolute Gasteiger partial charge is 0.332 e. The van der Waals surface area contributed by atoms with Crippen molar-refractivity contribution in [3.63, 3.8) is 0 Å². The van der Waals surface area contributed by atoms with Crippen molar-refractivity contribution < 1.29 is 19.0 Å². The molecule has 84 valence electrons. The monoisotopic (exact) mass is 287 g/mol. The number of hydrogen-bond acceptors (Lipinski definition) is 3. The van der Waals surface area contributed by atoms with E-state index in [-0.39, 0.29) is 12.5 Å². The summed E-state index contributed by atoms with van der Waals surface area (Å²) >= 11 is 3.02. The van der Waals surface area contributed by atoms with Gasteiger partial charge in [-0.1, -0.05) is 0 Å². The summed E-state index contributed by atoms with van der Waals surface area (Å²) in [4.78, 5) is 14.5. The highest BCUT2D eigenvalue weighted by molar-refractivity contribution is 9.10. The van der Waals surface area contributed by atoms with Crippen LogP contribution in [-0.2, 0) is 9.53 Å². The molecule has 4 nitrogen and oxygen atoms in total. The van der Waals surface area contributed by atoms with Crippen LogP contribution >= 0.6 is 15.9 Å². The summed E-state index contributed by atoms with van der Waals surface area (Å²) in [5.74, 6) is -1.33. The van der Waals surface area contributed by atoms with E-state index in [2.05, 4.69) is 20.9 Å². The second-order valence-corrected chi connectivity index (χ2v) is 4.08. The van der Waals surface area contributed by atoms with E-state index in [1.165, 1.54) is 12.1 Å². The molecule has 0 saturated heterocycles. The maximum absolute atomic E-state index is 13.2. The zero-order valence-electron chi connectivity index (χ0n) is 7.98. The average molecular weight is 288 g/mol. The van der Waals surface area contributed by atoms with Crippen LogP contribution in [0.4, 0.5) is 4.39 Å². The lowest BCUT2D eigenvalue weighted by atomic mass is 10.2. The Morgan fingerprint density at radius 3 is 2.94 bits per heavy atom. The van der Waals surface area contributed by atoms with Crippen molar-refractivity contribution in [1.82, 2.24) is 0 Å². The number of ether oxygens (including phenoxy) is 1. The molecule has 1 atom stereocenters. The molecule has 1 heterocycles. The molecular formula is C10H7BrFNO3. The normalized spacial score (nSPS) is 19.1. The SMILES string of the molecule is O=C(O)[C@@H]1COC(c2ccc(Br)c(F)c2)=N1. The summed E-state index contributed by atoms with van der Waals surface area (Å²) in [6.07, 6.45) is 0. The molecule has 1 N–H and O–H groups in total. The van der Waals surface area contributed by atoms with E-state index in [9.17, 15) is 9.18 Å². The Bertz CT molecular complexity index is 475. The fourth-order valence-corrected chi connectivity index (χ4v) is 1.53. The average Bonchev–Trinajstić information content (AvgIpc) is 2.71. The third-order valence-electron chi connectivity index (χ3n) is 2.10. The lowest BCUT2D eigenvalue weighted by Gasteiger charge is -2.01. The Hall–Kier alpha value is -1.43. The highest BCUT2D eigenvalue weighted by atomic mass is 79.9. The number of carbonyl (C=O) groups is 1. The topological polar surface area (TPSA) is 58.9 Å². The Kier molecular flexibility index (Phi) is 2.91. The minimum Gasteiger partial charge on any atom is -0.480 e. The quantitative estimate of drug-likeness (QED) is 0.903. The number of rotatable bonds is 2. The predicted molar refractivity (Wildman–Crippen MR) is 58.0 cm³/mol. The van der Waals surface area contributed by atoms with Gasteiger partial charge in [-0.2, -0.15) is 0 Å². The second-order valence-electron chi connectivity index (χ2n) is 3.23. The Labute approximate surface area is 98.9 Å². The van der Waals surface area contributed by atoms with Crippen LogP contribution < -0.4 is 0 Å². The van der Waals surface area contributed by atoms with Gasteiger partial charge in [0.2, 0.25) is 5.90 Å². The molecule has 0 fully saturated rings. The summed E-state index contributed by atoms with van der Waals surface area (Å²) in [6.45, 7) is -0.0116. The van der Waals surface area contributed by atoms with Crippen LogP contribution in [0.5, 0.6) is 0 Å². The van der Waals surface area contributed by atoms with E-state index >= 15 is 0 Å². The van der Waals surface area contributed by atoms with E-state index in [1.54, 1.807) is 6.07 Å². The van der Waals surface area contributed by atoms with Crippen molar-refractivity contribution in [2.24, 2.45) is 4.99 Å². The van der Waals surface area contributed by atoms with Crippen LogP contribution in [0.25, 0.3) is 0 Å². The summed E-state index contributed by atoms with van der Waals surface area (Å²) in [6, 6.07) is 3.47. The van der Waals surface area contributed by atoms with Crippen LogP contribution in [0.2, 0.25) is 0 Å². The Balaban J connectivity index is 2.29. The summed E-state index contributed by atoms with van der Waals surface area (Å²) in [5.41, 5.74) is 0.435. The summed E-state index contributed by atoms with van der Waals surface area (Å²) in [7, 11) is 0. The Morgan fingerprint density at radius 2 is 2.38 bits per heavy atom. The molecule has 1 aliphatic rings. The van der Waals surface area contributed by atoms with Crippen LogP contribution in [0, 0.1) is 5.82 Å². The first kappa shape index (κ1) is 11.1. The van der Waals surface area contributed by atoms with Gasteiger partial charge in [0.1, 0.15) is 12.4 Å². The molecule has 1 aliphatic heterocycles. The molecule has 0 spiro atoms. The largest absolute Gasteiger partial charge is 0.480 e. The zero-order valence-corrected chi connectivity index (χ0v) is 9.57. The number of carboxylic acids is 1. The molecule has 0 aromatic heterocycles. The number of carboxylic acid groups (broad SMARTS) is 1. The van der Waals surface area contributed by atoms with Gasteiger partial charge in [-0.3, -0.25) is 0 Å². The molecule has 0 saturated carbocycles. The van der Waals surface area contributed by atoms with Gasteiger partial charge in [0, 0.05) is 5.56 Å². The number of benzene rings is 1. The molecular weight excluding hydrogens is 281 g/mol. The summed E-state index contributed by atoms with van der Waals surface area (Å²) in [5, 5.41) is 8.71. The molecule has 16 heavy (non-hydrogen) atoms. The van der Waals surface area contributed by atoms with Gasteiger partial charge < -0.3 is 9.84 Å². The van der Waals surface area contributed by atoms with Gasteiger partial charge in [-0.05, 0) is 34.1 Å². The van der Waals surface area contributed by atoms with Crippen molar-refractivity contribution in [2.45, 2.75) is 6.04 Å². The van der Waals surface area contributed by atoms with Gasteiger partial charge in [-0.25, -0.2) is 14.2 Å². The predicted octanol–water partition coefficient (Wildman–Crippen LogP) is 1.82. The van der Waals surface area contributed by atoms with E-state index in [0.717, 1.165) is 0 Å². The van der Waals surface area contributed by atoms with Gasteiger partial charge in [0.25, 0.3) is 0 Å². The highest BCUT2D eigenvalue weighted by Crippen LogP contribution is 2.19.